The van der Waals surface area contributed by atoms with Gasteiger partial charge in [-0.15, -0.1) is 0 Å². The topological polar surface area (TPSA) is 120 Å². The number of hydrazone groups is 1. The van der Waals surface area contributed by atoms with E-state index < -0.39 is 6.04 Å². The Hall–Kier alpha value is -2.16. The van der Waals surface area contributed by atoms with Gasteiger partial charge in [-0.25, -0.2) is 11.4 Å². The lowest BCUT2D eigenvalue weighted by molar-refractivity contribution is -0.134. The number of phenols is 1. The molecule has 0 radical (unpaired) electrons. The van der Waals surface area contributed by atoms with E-state index in [0.717, 1.165) is 13.1 Å². The molecule has 0 aromatic heterocycles. The van der Waals surface area contributed by atoms with Gasteiger partial charge in [0.15, 0.2) is 0 Å². The summed E-state index contributed by atoms with van der Waals surface area (Å²) in [7, 11) is 0. The predicted octanol–water partition coefficient (Wildman–Crippen LogP) is -1.01. The maximum absolute atomic E-state index is 12.4. The molecule has 22 heavy (non-hydrogen) atoms. The van der Waals surface area contributed by atoms with Gasteiger partial charge in [0.05, 0.1) is 0 Å². The highest BCUT2D eigenvalue weighted by atomic mass is 16.3. The van der Waals surface area contributed by atoms with Gasteiger partial charge in [0.1, 0.15) is 11.8 Å². The van der Waals surface area contributed by atoms with Crippen molar-refractivity contribution < 1.29 is 9.90 Å². The van der Waals surface area contributed by atoms with Crippen molar-refractivity contribution in [3.63, 3.8) is 0 Å². The number of rotatable bonds is 5. The number of nitrogens with zero attached hydrogens (tertiary/aromatic N) is 3. The van der Waals surface area contributed by atoms with Gasteiger partial charge in [-0.1, -0.05) is 12.1 Å². The number of aromatic hydroxyl groups is 1. The lowest BCUT2D eigenvalue weighted by atomic mass is 10.1. The molecule has 1 aromatic carbocycles. The molecule has 1 aliphatic heterocycles. The molecule has 120 valence electrons. The summed E-state index contributed by atoms with van der Waals surface area (Å²) in [5.41, 5.74) is 8.94. The Labute approximate surface area is 129 Å². The van der Waals surface area contributed by atoms with E-state index >= 15 is 0 Å². The van der Waals surface area contributed by atoms with Gasteiger partial charge in [0, 0.05) is 38.9 Å². The van der Waals surface area contributed by atoms with Crippen LogP contribution in [0.5, 0.6) is 5.75 Å². The molecular weight excluding hydrogens is 284 g/mol. The van der Waals surface area contributed by atoms with Gasteiger partial charge < -0.3 is 15.7 Å². The number of nitrogens with two attached hydrogens (primary N) is 2. The number of nitrogens with one attached hydrogen (secondary N) is 1. The molecule has 8 nitrogen and oxygen atoms in total. The second-order valence-electron chi connectivity index (χ2n) is 5.14. The Morgan fingerprint density at radius 3 is 2.55 bits per heavy atom. The number of hydrogen-bond acceptors (Lipinski definition) is 7. The first kappa shape index (κ1) is 16.2. The van der Waals surface area contributed by atoms with E-state index in [0.29, 0.717) is 25.2 Å². The summed E-state index contributed by atoms with van der Waals surface area (Å²) in [6.07, 6.45) is 1.69. The molecule has 8 heteroatoms. The van der Waals surface area contributed by atoms with Crippen LogP contribution in [0.1, 0.15) is 11.6 Å². The van der Waals surface area contributed by atoms with Crippen molar-refractivity contribution in [1.82, 2.24) is 15.3 Å². The van der Waals surface area contributed by atoms with E-state index in [9.17, 15) is 9.90 Å². The minimum absolute atomic E-state index is 0.0948. The third-order valence-electron chi connectivity index (χ3n) is 3.71. The maximum Gasteiger partial charge on any atom is 0.244 e. The number of phenolic OH excluding ortho intramolecular Hbond substituents is 1. The highest BCUT2D eigenvalue weighted by Gasteiger charge is 2.25. The molecule has 1 fully saturated rings. The van der Waals surface area contributed by atoms with Crippen molar-refractivity contribution in [3.05, 3.63) is 29.8 Å². The standard InChI is InChI=1S/C14H22N6O2/c15-13(11-1-3-12(21)4-2-11)14(22)20-9-7-19(8-10-20)6-5-17-18-16/h1-5,13,18,21H,6-10,15-16H2. The van der Waals surface area contributed by atoms with Crippen LogP contribution in [0.25, 0.3) is 0 Å². The lowest BCUT2D eigenvalue weighted by Gasteiger charge is -2.35. The number of hydrogen-bond donors (Lipinski definition) is 4. The molecule has 2 rings (SSSR count). The Balaban J connectivity index is 1.86. The molecule has 1 amide bonds. The van der Waals surface area contributed by atoms with Crippen LogP contribution in [0.3, 0.4) is 0 Å². The zero-order valence-corrected chi connectivity index (χ0v) is 12.4. The van der Waals surface area contributed by atoms with E-state index in [-0.39, 0.29) is 11.7 Å². The summed E-state index contributed by atoms with van der Waals surface area (Å²) in [5.74, 6) is 5.12. The summed E-state index contributed by atoms with van der Waals surface area (Å²) < 4.78 is 0. The van der Waals surface area contributed by atoms with Crippen molar-refractivity contribution in [2.24, 2.45) is 16.7 Å². The van der Waals surface area contributed by atoms with Gasteiger partial charge in [-0.05, 0) is 17.7 Å². The molecule has 1 saturated heterocycles. The first-order valence-electron chi connectivity index (χ1n) is 7.14. The van der Waals surface area contributed by atoms with E-state index in [1.807, 2.05) is 0 Å². The van der Waals surface area contributed by atoms with Crippen LogP contribution in [0.15, 0.2) is 29.4 Å². The average Bonchev–Trinajstić information content (AvgIpc) is 2.55. The smallest absolute Gasteiger partial charge is 0.244 e. The van der Waals surface area contributed by atoms with Crippen LogP contribution in [0, 0.1) is 0 Å². The minimum atomic E-state index is -0.699. The second kappa shape index (κ2) is 7.74. The van der Waals surface area contributed by atoms with E-state index in [1.165, 1.54) is 12.1 Å². The summed E-state index contributed by atoms with van der Waals surface area (Å²) >= 11 is 0. The maximum atomic E-state index is 12.4. The Kier molecular flexibility index (Phi) is 5.70. The van der Waals surface area contributed by atoms with E-state index in [4.69, 9.17) is 11.6 Å². The quantitative estimate of drug-likeness (QED) is 0.314. The minimum Gasteiger partial charge on any atom is -0.508 e. The summed E-state index contributed by atoms with van der Waals surface area (Å²) in [5, 5.41) is 13.0. The van der Waals surface area contributed by atoms with Crippen LogP contribution in [-0.2, 0) is 4.79 Å². The Morgan fingerprint density at radius 1 is 1.32 bits per heavy atom. The zero-order chi connectivity index (χ0) is 15.9. The van der Waals surface area contributed by atoms with Gasteiger partial charge >= 0.3 is 0 Å². The van der Waals surface area contributed by atoms with Crippen molar-refractivity contribution in [1.29, 1.82) is 0 Å². The number of amides is 1. The monoisotopic (exact) mass is 306 g/mol. The van der Waals surface area contributed by atoms with Crippen molar-refractivity contribution >= 4 is 12.1 Å². The molecule has 1 unspecified atom stereocenters. The molecule has 0 bridgehead atoms. The number of carbonyl (C=O) groups excluding carboxylic acids is 1. The van der Waals surface area contributed by atoms with Gasteiger partial charge in [0.25, 0.3) is 0 Å². The fraction of sp³-hybridized carbons (Fsp3) is 0.429. The first-order valence-corrected chi connectivity index (χ1v) is 7.14. The molecule has 1 heterocycles. The van der Waals surface area contributed by atoms with Crippen LogP contribution in [-0.4, -0.2) is 59.8 Å². The molecule has 0 aliphatic carbocycles. The fourth-order valence-electron chi connectivity index (χ4n) is 2.38. The molecular formula is C14H22N6O2. The average molecular weight is 306 g/mol. The lowest BCUT2D eigenvalue weighted by Crippen LogP contribution is -2.51. The van der Waals surface area contributed by atoms with Crippen LogP contribution in [0.4, 0.5) is 0 Å². The van der Waals surface area contributed by atoms with Crippen LogP contribution in [0.2, 0.25) is 0 Å². The van der Waals surface area contributed by atoms with E-state index in [1.54, 1.807) is 23.2 Å². The van der Waals surface area contributed by atoms with Gasteiger partial charge in [-0.3, -0.25) is 9.69 Å². The molecule has 6 N–H and O–H groups in total. The highest BCUT2D eigenvalue weighted by molar-refractivity contribution is 5.83. The number of carbonyl (C=O) groups is 1. The molecule has 0 spiro atoms. The first-order chi connectivity index (χ1) is 10.6. The normalized spacial score (nSPS) is 17.6. The number of hydrazine groups is 1. The number of piperazine rings is 1. The van der Waals surface area contributed by atoms with Crippen LogP contribution >= 0.6 is 0 Å². The molecule has 1 aliphatic rings. The van der Waals surface area contributed by atoms with Crippen molar-refractivity contribution in [2.75, 3.05) is 32.7 Å². The zero-order valence-electron chi connectivity index (χ0n) is 12.4. The Bertz CT molecular complexity index is 511. The van der Waals surface area contributed by atoms with Crippen LogP contribution < -0.4 is 17.1 Å². The summed E-state index contributed by atoms with van der Waals surface area (Å²) in [6.45, 7) is 3.49. The molecule has 1 aromatic rings. The van der Waals surface area contributed by atoms with Gasteiger partial charge in [0.2, 0.25) is 5.91 Å². The van der Waals surface area contributed by atoms with Crippen molar-refractivity contribution in [2.45, 2.75) is 6.04 Å². The predicted molar refractivity (Wildman–Crippen MR) is 83.9 cm³/mol. The van der Waals surface area contributed by atoms with E-state index in [2.05, 4.69) is 15.5 Å². The highest BCUT2D eigenvalue weighted by Crippen LogP contribution is 2.17. The SMILES string of the molecule is NNN=CCN1CCN(C(=O)C(N)c2ccc(O)cc2)CC1. The summed E-state index contributed by atoms with van der Waals surface area (Å²) in [4.78, 5) is 16.4. The molecule has 0 saturated carbocycles. The summed E-state index contributed by atoms with van der Waals surface area (Å²) in [6, 6.07) is 5.71. The van der Waals surface area contributed by atoms with Crippen molar-refractivity contribution in [3.8, 4) is 5.75 Å². The second-order valence-corrected chi connectivity index (χ2v) is 5.14. The molecule has 1 atom stereocenters. The fourth-order valence-corrected chi connectivity index (χ4v) is 2.38. The Morgan fingerprint density at radius 2 is 1.95 bits per heavy atom. The number of benzene rings is 1. The largest absolute Gasteiger partial charge is 0.508 e. The third kappa shape index (κ3) is 4.17. The van der Waals surface area contributed by atoms with Gasteiger partial charge in [-0.2, -0.15) is 5.10 Å². The third-order valence-corrected chi connectivity index (χ3v) is 3.71.